The molecule has 8 nitrogen and oxygen atoms in total. The lowest BCUT2D eigenvalue weighted by molar-refractivity contribution is -0.148. The lowest BCUT2D eigenvalue weighted by Gasteiger charge is -2.28. The molecule has 1 fully saturated rings. The third-order valence-corrected chi connectivity index (χ3v) is 5.94. The van der Waals surface area contributed by atoms with E-state index in [-0.39, 0.29) is 35.5 Å². The minimum absolute atomic E-state index is 0.145. The van der Waals surface area contributed by atoms with E-state index in [1.165, 1.54) is 4.90 Å². The van der Waals surface area contributed by atoms with E-state index in [9.17, 15) is 14.4 Å². The molecule has 4 unspecified atom stereocenters. The Morgan fingerprint density at radius 3 is 2.40 bits per heavy atom. The van der Waals surface area contributed by atoms with E-state index >= 15 is 0 Å². The van der Waals surface area contributed by atoms with Gasteiger partial charge in [-0.25, -0.2) is 0 Å². The summed E-state index contributed by atoms with van der Waals surface area (Å²) < 4.78 is 1.81. The Morgan fingerprint density at radius 2 is 1.77 bits per heavy atom. The summed E-state index contributed by atoms with van der Waals surface area (Å²) in [6.45, 7) is 5.79. The van der Waals surface area contributed by atoms with Gasteiger partial charge in [0.05, 0.1) is 17.9 Å². The zero-order valence-electron chi connectivity index (χ0n) is 17.5. The van der Waals surface area contributed by atoms with Crippen molar-refractivity contribution in [3.05, 3.63) is 42.4 Å². The Kier molecular flexibility index (Phi) is 5.40. The average Bonchev–Trinajstić information content (AvgIpc) is 3.26. The number of hydrogen-bond acceptors (Lipinski definition) is 5. The van der Waals surface area contributed by atoms with Crippen LogP contribution in [0.5, 0.6) is 0 Å². The molecule has 158 valence electrons. The number of rotatable bonds is 6. The first-order valence-electron chi connectivity index (χ1n) is 10.5. The molecule has 8 heteroatoms. The molecule has 1 saturated heterocycles. The molecule has 4 atom stereocenters. The van der Waals surface area contributed by atoms with Gasteiger partial charge in [-0.15, -0.1) is 10.2 Å². The van der Waals surface area contributed by atoms with E-state index in [1.54, 1.807) is 0 Å². The Labute approximate surface area is 175 Å². The molecule has 30 heavy (non-hydrogen) atoms. The number of amides is 3. The third-order valence-electron chi connectivity index (χ3n) is 5.94. The highest BCUT2D eigenvalue weighted by Crippen LogP contribution is 2.37. The summed E-state index contributed by atoms with van der Waals surface area (Å²) in [4.78, 5) is 40.6. The quantitative estimate of drug-likeness (QED) is 0.583. The largest absolute Gasteiger partial charge is 0.345 e. The van der Waals surface area contributed by atoms with Gasteiger partial charge in [-0.1, -0.05) is 32.1 Å². The van der Waals surface area contributed by atoms with Crippen LogP contribution in [0.4, 0.5) is 0 Å². The van der Waals surface area contributed by atoms with Crippen LogP contribution in [-0.2, 0) is 14.4 Å². The normalized spacial score (nSPS) is 23.1. The standard InChI is InChI=1S/C22H27N5O3/c1-13(2)12-17(27-21(29)15-8-4-5-9-16(15)22(27)30)20(28)23-14(3)19-25-24-18-10-6-7-11-26(18)19/h4-7,10-11,13-17H,8-9,12H2,1-3H3,(H,23,28). The molecule has 2 aliphatic rings. The molecule has 1 N–H and O–H groups in total. The third kappa shape index (κ3) is 3.51. The van der Waals surface area contributed by atoms with Crippen LogP contribution in [-0.4, -0.2) is 43.3 Å². The zero-order valence-corrected chi connectivity index (χ0v) is 17.5. The number of pyridine rings is 1. The van der Waals surface area contributed by atoms with Gasteiger partial charge < -0.3 is 5.32 Å². The second kappa shape index (κ2) is 8.01. The molecule has 2 aromatic heterocycles. The van der Waals surface area contributed by atoms with Crippen molar-refractivity contribution in [1.29, 1.82) is 0 Å². The zero-order chi connectivity index (χ0) is 21.4. The van der Waals surface area contributed by atoms with E-state index < -0.39 is 12.1 Å². The highest BCUT2D eigenvalue weighted by molar-refractivity contribution is 6.08. The summed E-state index contributed by atoms with van der Waals surface area (Å²) in [5.41, 5.74) is 0.689. The Morgan fingerprint density at radius 1 is 1.10 bits per heavy atom. The van der Waals surface area contributed by atoms with Crippen LogP contribution in [0.1, 0.15) is 51.9 Å². The van der Waals surface area contributed by atoms with E-state index in [0.29, 0.717) is 30.7 Å². The van der Waals surface area contributed by atoms with Crippen LogP contribution in [0.2, 0.25) is 0 Å². The predicted octanol–water partition coefficient (Wildman–Crippen LogP) is 2.27. The van der Waals surface area contributed by atoms with Gasteiger partial charge in [-0.05, 0) is 44.2 Å². The molecule has 2 aromatic rings. The van der Waals surface area contributed by atoms with E-state index in [1.807, 2.05) is 61.7 Å². The first-order chi connectivity index (χ1) is 14.4. The first kappa shape index (κ1) is 20.3. The number of aromatic nitrogens is 3. The summed E-state index contributed by atoms with van der Waals surface area (Å²) in [5.74, 6) is -0.736. The number of hydrogen-bond donors (Lipinski definition) is 1. The maximum absolute atomic E-state index is 13.3. The molecule has 0 bridgehead atoms. The molecule has 1 aliphatic carbocycles. The number of imide groups is 1. The van der Waals surface area contributed by atoms with Gasteiger partial charge in [0.1, 0.15) is 6.04 Å². The van der Waals surface area contributed by atoms with Crippen molar-refractivity contribution in [3.8, 4) is 0 Å². The van der Waals surface area contributed by atoms with Crippen molar-refractivity contribution < 1.29 is 14.4 Å². The number of carbonyl (C=O) groups excluding carboxylic acids is 3. The van der Waals surface area contributed by atoms with Crippen molar-refractivity contribution in [1.82, 2.24) is 24.8 Å². The molecule has 1 aliphatic heterocycles. The van der Waals surface area contributed by atoms with Crippen molar-refractivity contribution in [2.45, 2.75) is 52.1 Å². The second-order valence-corrected chi connectivity index (χ2v) is 8.56. The molecule has 0 radical (unpaired) electrons. The molecule has 0 spiro atoms. The molecule has 3 heterocycles. The fraction of sp³-hybridized carbons (Fsp3) is 0.500. The van der Waals surface area contributed by atoms with E-state index in [2.05, 4.69) is 15.5 Å². The van der Waals surface area contributed by atoms with Gasteiger partial charge in [0.15, 0.2) is 11.5 Å². The van der Waals surface area contributed by atoms with Crippen LogP contribution < -0.4 is 5.32 Å². The van der Waals surface area contributed by atoms with E-state index in [4.69, 9.17) is 0 Å². The van der Waals surface area contributed by atoms with Gasteiger partial charge in [0.2, 0.25) is 17.7 Å². The van der Waals surface area contributed by atoms with Crippen LogP contribution in [0.25, 0.3) is 5.65 Å². The topological polar surface area (TPSA) is 96.7 Å². The van der Waals surface area contributed by atoms with Crippen LogP contribution in [0, 0.1) is 17.8 Å². The molecule has 0 aromatic carbocycles. The lowest BCUT2D eigenvalue weighted by atomic mass is 9.85. The average molecular weight is 409 g/mol. The molecule has 3 amide bonds. The number of nitrogens with zero attached hydrogens (tertiary/aromatic N) is 4. The fourth-order valence-corrected chi connectivity index (χ4v) is 4.44. The second-order valence-electron chi connectivity index (χ2n) is 8.56. The smallest absolute Gasteiger partial charge is 0.243 e. The summed E-state index contributed by atoms with van der Waals surface area (Å²) >= 11 is 0. The van der Waals surface area contributed by atoms with Crippen LogP contribution >= 0.6 is 0 Å². The Balaban J connectivity index is 1.57. The van der Waals surface area contributed by atoms with Gasteiger partial charge in [-0.2, -0.15) is 0 Å². The minimum Gasteiger partial charge on any atom is -0.345 e. The maximum atomic E-state index is 13.3. The number of nitrogens with one attached hydrogen (secondary N) is 1. The van der Waals surface area contributed by atoms with Crippen LogP contribution in [0.15, 0.2) is 36.5 Å². The summed E-state index contributed by atoms with van der Waals surface area (Å²) in [6.07, 6.45) is 7.28. The van der Waals surface area contributed by atoms with Gasteiger partial charge >= 0.3 is 0 Å². The molecular weight excluding hydrogens is 382 g/mol. The first-order valence-corrected chi connectivity index (χ1v) is 10.5. The van der Waals surface area contributed by atoms with Crippen molar-refractivity contribution in [2.24, 2.45) is 17.8 Å². The highest BCUT2D eigenvalue weighted by Gasteiger charge is 2.51. The van der Waals surface area contributed by atoms with Crippen molar-refractivity contribution >= 4 is 23.4 Å². The summed E-state index contributed by atoms with van der Waals surface area (Å²) in [6, 6.07) is 4.32. The number of likely N-dealkylation sites (tertiary alicyclic amines) is 1. The minimum atomic E-state index is -0.822. The van der Waals surface area contributed by atoms with Gasteiger partial charge in [0.25, 0.3) is 0 Å². The van der Waals surface area contributed by atoms with Crippen molar-refractivity contribution in [2.75, 3.05) is 0 Å². The number of carbonyl (C=O) groups is 3. The Hall–Kier alpha value is -3.03. The SMILES string of the molecule is CC(C)CC(C(=O)NC(C)c1nnc2ccccn12)N1C(=O)C2CC=CCC2C1=O. The summed E-state index contributed by atoms with van der Waals surface area (Å²) in [7, 11) is 0. The predicted molar refractivity (Wildman–Crippen MR) is 110 cm³/mol. The lowest BCUT2D eigenvalue weighted by Crippen LogP contribution is -2.51. The highest BCUT2D eigenvalue weighted by atomic mass is 16.2. The van der Waals surface area contributed by atoms with Gasteiger partial charge in [0, 0.05) is 6.20 Å². The summed E-state index contributed by atoms with van der Waals surface area (Å²) in [5, 5.41) is 11.3. The number of allylic oxidation sites excluding steroid dienone is 2. The van der Waals surface area contributed by atoms with Crippen molar-refractivity contribution in [3.63, 3.8) is 0 Å². The molecule has 4 rings (SSSR count). The molecular formula is C22H27N5O3. The monoisotopic (exact) mass is 409 g/mol. The maximum Gasteiger partial charge on any atom is 0.243 e. The Bertz CT molecular complexity index is 985. The van der Waals surface area contributed by atoms with Gasteiger partial charge in [-0.3, -0.25) is 23.7 Å². The van der Waals surface area contributed by atoms with Crippen LogP contribution in [0.3, 0.4) is 0 Å². The molecule has 0 saturated carbocycles. The number of fused-ring (bicyclic) bond motifs is 2. The fourth-order valence-electron chi connectivity index (χ4n) is 4.44. The van der Waals surface area contributed by atoms with E-state index in [0.717, 1.165) is 0 Å².